The van der Waals surface area contributed by atoms with Gasteiger partial charge in [-0.3, -0.25) is 19.3 Å². The van der Waals surface area contributed by atoms with E-state index in [1.807, 2.05) is 48.5 Å². The summed E-state index contributed by atoms with van der Waals surface area (Å²) < 4.78 is 5.45. The van der Waals surface area contributed by atoms with E-state index in [1.54, 1.807) is 12.1 Å². The third-order valence-corrected chi connectivity index (χ3v) is 3.96. The Kier molecular flexibility index (Phi) is 4.42. The molecule has 0 bridgehead atoms. The maximum Gasteiger partial charge on any atom is 0.328 e. The summed E-state index contributed by atoms with van der Waals surface area (Å²) in [7, 11) is 0. The standard InChI is InChI=1S/C19H17NO4/c1-13(21)16-17(22)20(12-14-8-4-2-5-9-14)18(24-19(16)23)15-10-6-3-7-11-15/h2-11,16,18H,12H2,1H3. The summed E-state index contributed by atoms with van der Waals surface area (Å²) in [5, 5.41) is 0. The lowest BCUT2D eigenvalue weighted by Crippen LogP contribution is -2.51. The molecule has 1 aliphatic heterocycles. The number of carbonyl (C=O) groups excluding carboxylic acids is 3. The highest BCUT2D eigenvalue weighted by Crippen LogP contribution is 2.31. The average Bonchev–Trinajstić information content (AvgIpc) is 2.58. The minimum absolute atomic E-state index is 0.260. The molecule has 0 saturated carbocycles. The summed E-state index contributed by atoms with van der Waals surface area (Å²) in [5.74, 6) is -3.19. The van der Waals surface area contributed by atoms with Crippen LogP contribution >= 0.6 is 0 Å². The molecule has 2 aromatic carbocycles. The van der Waals surface area contributed by atoms with E-state index in [2.05, 4.69) is 0 Å². The highest BCUT2D eigenvalue weighted by atomic mass is 16.6. The van der Waals surface area contributed by atoms with Crippen molar-refractivity contribution in [3.8, 4) is 0 Å². The van der Waals surface area contributed by atoms with Crippen LogP contribution in [0.25, 0.3) is 0 Å². The van der Waals surface area contributed by atoms with Gasteiger partial charge >= 0.3 is 5.97 Å². The first-order chi connectivity index (χ1) is 11.6. The predicted octanol–water partition coefficient (Wildman–Crippen LogP) is 2.48. The quantitative estimate of drug-likeness (QED) is 0.640. The molecule has 1 amide bonds. The highest BCUT2D eigenvalue weighted by Gasteiger charge is 2.45. The van der Waals surface area contributed by atoms with E-state index in [1.165, 1.54) is 11.8 Å². The molecule has 0 radical (unpaired) electrons. The van der Waals surface area contributed by atoms with Crippen LogP contribution in [0.15, 0.2) is 60.7 Å². The van der Waals surface area contributed by atoms with Gasteiger partial charge < -0.3 is 4.74 Å². The van der Waals surface area contributed by atoms with Gasteiger partial charge in [0, 0.05) is 12.1 Å². The Morgan fingerprint density at radius 3 is 2.17 bits per heavy atom. The van der Waals surface area contributed by atoms with E-state index in [0.717, 1.165) is 5.56 Å². The molecular weight excluding hydrogens is 306 g/mol. The molecule has 122 valence electrons. The molecule has 5 heteroatoms. The van der Waals surface area contributed by atoms with Gasteiger partial charge in [-0.05, 0) is 12.5 Å². The number of Topliss-reactive ketones (excluding diaryl/α,β-unsaturated/α-hetero) is 1. The van der Waals surface area contributed by atoms with Crippen LogP contribution in [0.3, 0.4) is 0 Å². The Balaban J connectivity index is 1.98. The van der Waals surface area contributed by atoms with Gasteiger partial charge in [-0.15, -0.1) is 0 Å². The van der Waals surface area contributed by atoms with E-state index >= 15 is 0 Å². The molecule has 1 aliphatic rings. The van der Waals surface area contributed by atoms with Crippen molar-refractivity contribution in [1.82, 2.24) is 4.90 Å². The van der Waals surface area contributed by atoms with Crippen molar-refractivity contribution < 1.29 is 19.1 Å². The lowest BCUT2D eigenvalue weighted by Gasteiger charge is -2.37. The first-order valence-electron chi connectivity index (χ1n) is 7.68. The van der Waals surface area contributed by atoms with E-state index in [-0.39, 0.29) is 6.54 Å². The molecule has 0 N–H and O–H groups in total. The van der Waals surface area contributed by atoms with Crippen LogP contribution in [0, 0.1) is 5.92 Å². The fourth-order valence-corrected chi connectivity index (χ4v) is 2.77. The van der Waals surface area contributed by atoms with Crippen LogP contribution in [-0.4, -0.2) is 22.6 Å². The third kappa shape index (κ3) is 3.06. The Labute approximate surface area is 139 Å². The maximum atomic E-state index is 12.8. The Morgan fingerprint density at radius 1 is 1.00 bits per heavy atom. The minimum Gasteiger partial charge on any atom is -0.436 e. The molecule has 2 atom stereocenters. The molecule has 5 nitrogen and oxygen atoms in total. The number of ether oxygens (including phenoxy) is 1. The van der Waals surface area contributed by atoms with E-state index in [9.17, 15) is 14.4 Å². The monoisotopic (exact) mass is 323 g/mol. The summed E-state index contributed by atoms with van der Waals surface area (Å²) in [6, 6.07) is 18.4. The van der Waals surface area contributed by atoms with Crippen LogP contribution in [-0.2, 0) is 25.7 Å². The SMILES string of the molecule is CC(=O)C1C(=O)OC(c2ccccc2)N(Cc2ccccc2)C1=O. The molecule has 3 rings (SSSR count). The lowest BCUT2D eigenvalue weighted by atomic mass is 9.99. The zero-order valence-electron chi connectivity index (χ0n) is 13.2. The molecule has 2 unspecified atom stereocenters. The van der Waals surface area contributed by atoms with Crippen LogP contribution in [0.4, 0.5) is 0 Å². The molecule has 2 aromatic rings. The Bertz CT molecular complexity index is 757. The summed E-state index contributed by atoms with van der Waals surface area (Å²) in [5.41, 5.74) is 1.59. The van der Waals surface area contributed by atoms with Gasteiger partial charge in [0.25, 0.3) is 0 Å². The normalized spacial score (nSPS) is 20.6. The van der Waals surface area contributed by atoms with Crippen molar-refractivity contribution in [2.24, 2.45) is 5.92 Å². The third-order valence-electron chi connectivity index (χ3n) is 3.96. The lowest BCUT2D eigenvalue weighted by molar-refractivity contribution is -0.188. The molecule has 1 saturated heterocycles. The topological polar surface area (TPSA) is 63.7 Å². The Hall–Kier alpha value is -2.95. The van der Waals surface area contributed by atoms with Crippen LogP contribution in [0.5, 0.6) is 0 Å². The van der Waals surface area contributed by atoms with Gasteiger partial charge in [0.1, 0.15) is 0 Å². The van der Waals surface area contributed by atoms with Crippen molar-refractivity contribution in [3.63, 3.8) is 0 Å². The van der Waals surface area contributed by atoms with Crippen LogP contribution in [0.2, 0.25) is 0 Å². The van der Waals surface area contributed by atoms with Gasteiger partial charge in [0.05, 0.1) is 0 Å². The van der Waals surface area contributed by atoms with Gasteiger partial charge in [-0.1, -0.05) is 60.7 Å². The fourth-order valence-electron chi connectivity index (χ4n) is 2.77. The Morgan fingerprint density at radius 2 is 1.58 bits per heavy atom. The zero-order chi connectivity index (χ0) is 17.1. The first-order valence-corrected chi connectivity index (χ1v) is 7.68. The molecule has 1 heterocycles. The number of cyclic esters (lactones) is 1. The predicted molar refractivity (Wildman–Crippen MR) is 86.4 cm³/mol. The highest BCUT2D eigenvalue weighted by molar-refractivity contribution is 6.16. The number of amides is 1. The minimum atomic E-state index is -1.38. The number of ketones is 1. The summed E-state index contributed by atoms with van der Waals surface area (Å²) in [6.45, 7) is 1.49. The number of esters is 1. The van der Waals surface area contributed by atoms with Crippen molar-refractivity contribution in [1.29, 1.82) is 0 Å². The zero-order valence-corrected chi connectivity index (χ0v) is 13.2. The molecule has 24 heavy (non-hydrogen) atoms. The maximum absolute atomic E-state index is 12.8. The van der Waals surface area contributed by atoms with Crippen LogP contribution in [0.1, 0.15) is 24.3 Å². The van der Waals surface area contributed by atoms with Gasteiger partial charge in [0.15, 0.2) is 11.7 Å². The van der Waals surface area contributed by atoms with Crippen molar-refractivity contribution in [3.05, 3.63) is 71.8 Å². The summed E-state index contributed by atoms with van der Waals surface area (Å²) >= 11 is 0. The number of carbonyl (C=O) groups is 3. The van der Waals surface area contributed by atoms with Crippen molar-refractivity contribution in [2.75, 3.05) is 0 Å². The van der Waals surface area contributed by atoms with Gasteiger partial charge in [-0.2, -0.15) is 0 Å². The summed E-state index contributed by atoms with van der Waals surface area (Å²) in [6.07, 6.45) is -0.831. The number of hydrogen-bond donors (Lipinski definition) is 0. The van der Waals surface area contributed by atoms with Gasteiger partial charge in [-0.25, -0.2) is 0 Å². The number of hydrogen-bond acceptors (Lipinski definition) is 4. The van der Waals surface area contributed by atoms with Crippen molar-refractivity contribution in [2.45, 2.75) is 19.7 Å². The molecule has 0 aliphatic carbocycles. The van der Waals surface area contributed by atoms with Crippen molar-refractivity contribution >= 4 is 17.7 Å². The number of benzene rings is 2. The first kappa shape index (κ1) is 15.9. The van der Waals surface area contributed by atoms with Crippen LogP contribution < -0.4 is 0 Å². The smallest absolute Gasteiger partial charge is 0.328 e. The van der Waals surface area contributed by atoms with E-state index in [0.29, 0.717) is 5.56 Å². The second kappa shape index (κ2) is 6.66. The molecular formula is C19H17NO4. The van der Waals surface area contributed by atoms with Gasteiger partial charge in [0.2, 0.25) is 12.1 Å². The fraction of sp³-hybridized carbons (Fsp3) is 0.211. The largest absolute Gasteiger partial charge is 0.436 e. The van der Waals surface area contributed by atoms with E-state index in [4.69, 9.17) is 4.74 Å². The second-order valence-electron chi connectivity index (χ2n) is 5.70. The average molecular weight is 323 g/mol. The summed E-state index contributed by atoms with van der Waals surface area (Å²) in [4.78, 5) is 38.1. The molecule has 1 fully saturated rings. The van der Waals surface area contributed by atoms with E-state index < -0.39 is 29.8 Å². The number of rotatable bonds is 4. The second-order valence-corrected chi connectivity index (χ2v) is 5.70. The number of nitrogens with zero attached hydrogens (tertiary/aromatic N) is 1. The molecule has 0 spiro atoms. The molecule has 0 aromatic heterocycles.